The highest BCUT2D eigenvalue weighted by molar-refractivity contribution is 5.79. The molecule has 1 heterocycles. The maximum atomic E-state index is 5.88. The number of hydrogen-bond donors (Lipinski definition) is 2. The highest BCUT2D eigenvalue weighted by Gasteiger charge is 2.33. The predicted octanol–water partition coefficient (Wildman–Crippen LogP) is 2.65. The summed E-state index contributed by atoms with van der Waals surface area (Å²) < 4.78 is 16.6. The molecule has 1 saturated heterocycles. The summed E-state index contributed by atoms with van der Waals surface area (Å²) in [6.45, 7) is 14.9. The van der Waals surface area contributed by atoms with Crippen LogP contribution in [0, 0.1) is 0 Å². The molecule has 0 aliphatic carbocycles. The predicted molar refractivity (Wildman–Crippen MR) is 118 cm³/mol. The number of ether oxygens (including phenoxy) is 3. The van der Waals surface area contributed by atoms with E-state index in [1.807, 2.05) is 18.2 Å². The van der Waals surface area contributed by atoms with Crippen molar-refractivity contribution in [2.45, 2.75) is 58.9 Å². The average molecular weight is 407 g/mol. The zero-order valence-electron chi connectivity index (χ0n) is 19.0. The van der Waals surface area contributed by atoms with Gasteiger partial charge in [-0.05, 0) is 46.8 Å². The van der Waals surface area contributed by atoms with Gasteiger partial charge in [-0.15, -0.1) is 0 Å². The van der Waals surface area contributed by atoms with Gasteiger partial charge in [0.25, 0.3) is 0 Å². The lowest BCUT2D eigenvalue weighted by molar-refractivity contribution is -0.0946. The molecule has 1 aromatic carbocycles. The Morgan fingerprint density at radius 1 is 1.17 bits per heavy atom. The van der Waals surface area contributed by atoms with Crippen molar-refractivity contribution in [3.05, 3.63) is 23.8 Å². The first-order chi connectivity index (χ1) is 13.8. The van der Waals surface area contributed by atoms with E-state index in [1.165, 1.54) is 0 Å². The van der Waals surface area contributed by atoms with Crippen LogP contribution in [0.4, 0.5) is 0 Å². The van der Waals surface area contributed by atoms with Crippen molar-refractivity contribution in [1.29, 1.82) is 0 Å². The minimum atomic E-state index is -0.0136. The first-order valence-corrected chi connectivity index (χ1v) is 10.4. The second-order valence-electron chi connectivity index (χ2n) is 8.20. The van der Waals surface area contributed by atoms with E-state index in [4.69, 9.17) is 19.2 Å². The third kappa shape index (κ3) is 6.78. The second kappa shape index (κ2) is 10.7. The number of rotatable bonds is 8. The molecule has 29 heavy (non-hydrogen) atoms. The van der Waals surface area contributed by atoms with Gasteiger partial charge in [0.1, 0.15) is 11.5 Å². The number of nitrogens with one attached hydrogen (secondary N) is 2. The fourth-order valence-corrected chi connectivity index (χ4v) is 3.57. The van der Waals surface area contributed by atoms with E-state index in [2.05, 4.69) is 50.2 Å². The monoisotopic (exact) mass is 406 g/mol. The van der Waals surface area contributed by atoms with Crippen LogP contribution < -0.4 is 20.1 Å². The summed E-state index contributed by atoms with van der Waals surface area (Å²) in [5.41, 5.74) is 1.00. The van der Waals surface area contributed by atoms with Crippen molar-refractivity contribution in [2.24, 2.45) is 4.99 Å². The molecule has 2 N–H and O–H groups in total. The molecule has 2 atom stereocenters. The first kappa shape index (κ1) is 23.3. The summed E-state index contributed by atoms with van der Waals surface area (Å²) in [6, 6.07) is 5.80. The molecule has 0 spiro atoms. The van der Waals surface area contributed by atoms with Gasteiger partial charge in [-0.1, -0.05) is 0 Å². The van der Waals surface area contributed by atoms with E-state index in [-0.39, 0.29) is 17.7 Å². The molecule has 0 aromatic heterocycles. The van der Waals surface area contributed by atoms with Crippen LogP contribution >= 0.6 is 0 Å². The Labute approximate surface area is 175 Å². The molecule has 0 radical (unpaired) electrons. The number of hydrogen-bond acceptors (Lipinski definition) is 5. The van der Waals surface area contributed by atoms with Gasteiger partial charge < -0.3 is 24.8 Å². The standard InChI is InChI=1S/C22H38N4O3/c1-8-23-21(24-12-18-9-10-19(27-6)11-20(18)28-7)25-15-22(4,5)26-13-16(2)29-17(3)14-26/h9-11,16-17H,8,12-15H2,1-7H3,(H2,23,24,25). The van der Waals surface area contributed by atoms with E-state index in [0.29, 0.717) is 6.54 Å². The molecule has 1 aliphatic heterocycles. The topological polar surface area (TPSA) is 67.4 Å². The van der Waals surface area contributed by atoms with E-state index >= 15 is 0 Å². The third-order valence-electron chi connectivity index (χ3n) is 5.21. The highest BCUT2D eigenvalue weighted by Crippen LogP contribution is 2.25. The molecule has 2 rings (SSSR count). The molecule has 0 bridgehead atoms. The molecule has 164 valence electrons. The molecule has 1 aromatic rings. The second-order valence-corrected chi connectivity index (χ2v) is 8.20. The van der Waals surface area contributed by atoms with Gasteiger partial charge in [0.2, 0.25) is 0 Å². The number of benzene rings is 1. The van der Waals surface area contributed by atoms with Gasteiger partial charge in [-0.3, -0.25) is 4.90 Å². The summed E-state index contributed by atoms with van der Waals surface area (Å²) in [5.74, 6) is 2.35. The SMILES string of the molecule is CCNC(=NCc1ccc(OC)cc1OC)NCC(C)(C)N1CC(C)OC(C)C1. The molecule has 1 fully saturated rings. The highest BCUT2D eigenvalue weighted by atomic mass is 16.5. The molecule has 7 heteroatoms. The van der Waals surface area contributed by atoms with Gasteiger partial charge in [0.05, 0.1) is 33.0 Å². The minimum absolute atomic E-state index is 0.0136. The number of nitrogens with zero attached hydrogens (tertiary/aromatic N) is 2. The van der Waals surface area contributed by atoms with Gasteiger partial charge >= 0.3 is 0 Å². The van der Waals surface area contributed by atoms with Crippen molar-refractivity contribution in [3.63, 3.8) is 0 Å². The Hall–Kier alpha value is -1.99. The Balaban J connectivity index is 2.03. The molecule has 7 nitrogen and oxygen atoms in total. The van der Waals surface area contributed by atoms with Crippen LogP contribution in [-0.2, 0) is 11.3 Å². The quantitative estimate of drug-likeness (QED) is 0.511. The molecule has 0 amide bonds. The van der Waals surface area contributed by atoms with Gasteiger partial charge in [0.15, 0.2) is 5.96 Å². The number of guanidine groups is 1. The first-order valence-electron chi connectivity index (χ1n) is 10.4. The van der Waals surface area contributed by atoms with Crippen LogP contribution in [0.15, 0.2) is 23.2 Å². The van der Waals surface area contributed by atoms with E-state index in [0.717, 1.165) is 49.2 Å². The summed E-state index contributed by atoms with van der Waals surface area (Å²) >= 11 is 0. The lowest BCUT2D eigenvalue weighted by Gasteiger charge is -2.45. The molecular weight excluding hydrogens is 368 g/mol. The Bertz CT molecular complexity index is 668. The molecular formula is C22H38N4O3. The Morgan fingerprint density at radius 2 is 1.86 bits per heavy atom. The third-order valence-corrected chi connectivity index (χ3v) is 5.21. The fourth-order valence-electron chi connectivity index (χ4n) is 3.57. The molecule has 2 unspecified atom stereocenters. The lowest BCUT2D eigenvalue weighted by atomic mass is 10.00. The molecule has 1 aliphatic rings. The van der Waals surface area contributed by atoms with Crippen molar-refractivity contribution >= 4 is 5.96 Å². The maximum Gasteiger partial charge on any atom is 0.191 e. The van der Waals surface area contributed by atoms with Crippen LogP contribution in [0.2, 0.25) is 0 Å². The van der Waals surface area contributed by atoms with Crippen LogP contribution in [0.25, 0.3) is 0 Å². The van der Waals surface area contributed by atoms with Crippen LogP contribution in [0.5, 0.6) is 11.5 Å². The fraction of sp³-hybridized carbons (Fsp3) is 0.682. The zero-order chi connectivity index (χ0) is 21.4. The Morgan fingerprint density at radius 3 is 2.45 bits per heavy atom. The smallest absolute Gasteiger partial charge is 0.191 e. The van der Waals surface area contributed by atoms with Gasteiger partial charge in [0, 0.05) is 43.3 Å². The van der Waals surface area contributed by atoms with Crippen molar-refractivity contribution in [2.75, 3.05) is 40.4 Å². The minimum Gasteiger partial charge on any atom is -0.497 e. The lowest BCUT2D eigenvalue weighted by Crippen LogP contribution is -2.59. The van der Waals surface area contributed by atoms with Crippen molar-refractivity contribution in [3.8, 4) is 11.5 Å². The number of methoxy groups -OCH3 is 2. The van der Waals surface area contributed by atoms with E-state index in [1.54, 1.807) is 14.2 Å². The normalized spacial score (nSPS) is 21.0. The average Bonchev–Trinajstić information content (AvgIpc) is 2.69. The van der Waals surface area contributed by atoms with Gasteiger partial charge in [-0.2, -0.15) is 0 Å². The number of aliphatic imine (C=N–C) groups is 1. The Kier molecular flexibility index (Phi) is 8.59. The zero-order valence-corrected chi connectivity index (χ0v) is 19.0. The van der Waals surface area contributed by atoms with Crippen molar-refractivity contribution in [1.82, 2.24) is 15.5 Å². The van der Waals surface area contributed by atoms with Gasteiger partial charge in [-0.25, -0.2) is 4.99 Å². The van der Waals surface area contributed by atoms with Crippen LogP contribution in [0.3, 0.4) is 0 Å². The number of morpholine rings is 1. The summed E-state index contributed by atoms with van der Waals surface area (Å²) in [7, 11) is 3.32. The van der Waals surface area contributed by atoms with Crippen LogP contribution in [-0.4, -0.2) is 69.0 Å². The molecule has 0 saturated carbocycles. The summed E-state index contributed by atoms with van der Waals surface area (Å²) in [4.78, 5) is 7.25. The summed E-state index contributed by atoms with van der Waals surface area (Å²) in [6.07, 6.45) is 0.505. The van der Waals surface area contributed by atoms with Crippen LogP contribution in [0.1, 0.15) is 40.2 Å². The van der Waals surface area contributed by atoms with E-state index < -0.39 is 0 Å². The van der Waals surface area contributed by atoms with E-state index in [9.17, 15) is 0 Å². The summed E-state index contributed by atoms with van der Waals surface area (Å²) in [5, 5.41) is 6.85. The largest absolute Gasteiger partial charge is 0.497 e. The van der Waals surface area contributed by atoms with Crippen molar-refractivity contribution < 1.29 is 14.2 Å². The maximum absolute atomic E-state index is 5.88.